The van der Waals surface area contributed by atoms with Gasteiger partial charge in [-0.1, -0.05) is 24.3 Å². The van der Waals surface area contributed by atoms with Crippen LogP contribution in [0.15, 0.2) is 67.0 Å². The van der Waals surface area contributed by atoms with Gasteiger partial charge in [0.1, 0.15) is 0 Å². The molecule has 0 bridgehead atoms. The molecule has 7 nitrogen and oxygen atoms in total. The van der Waals surface area contributed by atoms with Gasteiger partial charge in [-0.2, -0.15) is 5.10 Å². The summed E-state index contributed by atoms with van der Waals surface area (Å²) in [6, 6.07) is 15.9. The number of hydrogen-bond donors (Lipinski definition) is 2. The van der Waals surface area contributed by atoms with Crippen molar-refractivity contribution in [3.05, 3.63) is 83.7 Å². The number of urea groups is 1. The Morgan fingerprint density at radius 1 is 1.04 bits per heavy atom. The predicted octanol–water partition coefficient (Wildman–Crippen LogP) is 3.04. The summed E-state index contributed by atoms with van der Waals surface area (Å²) in [4.78, 5) is 23.6. The van der Waals surface area contributed by atoms with E-state index in [1.165, 1.54) is 7.11 Å². The molecule has 2 N–H and O–H groups in total. The Bertz CT molecular complexity index is 905. The lowest BCUT2D eigenvalue weighted by Gasteiger charge is -2.12. The molecule has 0 saturated carbocycles. The van der Waals surface area contributed by atoms with Gasteiger partial charge in [0.2, 0.25) is 0 Å². The zero-order valence-corrected chi connectivity index (χ0v) is 14.9. The van der Waals surface area contributed by atoms with Crippen LogP contribution in [0.5, 0.6) is 0 Å². The molecule has 7 heteroatoms. The molecule has 3 rings (SSSR count). The van der Waals surface area contributed by atoms with Crippen molar-refractivity contribution in [3.63, 3.8) is 0 Å². The summed E-state index contributed by atoms with van der Waals surface area (Å²) >= 11 is 0. The van der Waals surface area contributed by atoms with Crippen LogP contribution in [-0.4, -0.2) is 28.9 Å². The second kappa shape index (κ2) is 8.66. The normalized spacial score (nSPS) is 10.3. The second-order valence-electron chi connectivity index (χ2n) is 5.85. The third-order valence-electron chi connectivity index (χ3n) is 4.01. The van der Waals surface area contributed by atoms with E-state index < -0.39 is 5.97 Å². The lowest BCUT2D eigenvalue weighted by Crippen LogP contribution is -2.28. The van der Waals surface area contributed by atoms with Crippen molar-refractivity contribution in [1.29, 1.82) is 0 Å². The Morgan fingerprint density at radius 2 is 1.78 bits per heavy atom. The number of nitrogens with one attached hydrogen (secondary N) is 2. The number of anilines is 1. The first-order chi connectivity index (χ1) is 13.2. The summed E-state index contributed by atoms with van der Waals surface area (Å²) in [5, 5.41) is 9.80. The minimum absolute atomic E-state index is 0.324. The van der Waals surface area contributed by atoms with Crippen LogP contribution >= 0.6 is 0 Å². The number of nitrogens with zero attached hydrogens (tertiary/aromatic N) is 2. The highest BCUT2D eigenvalue weighted by atomic mass is 16.5. The van der Waals surface area contributed by atoms with E-state index in [0.717, 1.165) is 11.1 Å². The summed E-state index contributed by atoms with van der Waals surface area (Å²) in [5.74, 6) is -0.417. The van der Waals surface area contributed by atoms with Crippen LogP contribution in [0, 0.1) is 0 Å². The van der Waals surface area contributed by atoms with Gasteiger partial charge < -0.3 is 15.4 Å². The van der Waals surface area contributed by atoms with E-state index in [9.17, 15) is 9.59 Å². The molecule has 1 aromatic heterocycles. The molecule has 27 heavy (non-hydrogen) atoms. The van der Waals surface area contributed by atoms with Gasteiger partial charge in [-0.25, -0.2) is 9.59 Å². The van der Waals surface area contributed by atoms with Crippen molar-refractivity contribution in [2.24, 2.45) is 0 Å². The summed E-state index contributed by atoms with van der Waals surface area (Å²) in [6.07, 6.45) is 3.63. The number of carbonyl (C=O) groups excluding carboxylic acids is 2. The van der Waals surface area contributed by atoms with Crippen molar-refractivity contribution >= 4 is 17.7 Å². The number of amides is 2. The molecule has 0 aliphatic rings. The molecule has 138 valence electrons. The Morgan fingerprint density at radius 3 is 2.44 bits per heavy atom. The molecular formula is C20H20N4O3. The number of rotatable bonds is 6. The molecule has 0 saturated heterocycles. The van der Waals surface area contributed by atoms with Gasteiger partial charge in [-0.15, -0.1) is 0 Å². The Labute approximate surface area is 157 Å². The molecule has 0 aliphatic heterocycles. The number of methoxy groups -OCH3 is 1. The second-order valence-corrected chi connectivity index (χ2v) is 5.85. The van der Waals surface area contributed by atoms with Crippen LogP contribution in [0.2, 0.25) is 0 Å². The number of carbonyl (C=O) groups is 2. The molecule has 2 amide bonds. The number of benzene rings is 2. The van der Waals surface area contributed by atoms with Crippen molar-refractivity contribution < 1.29 is 14.3 Å². The van der Waals surface area contributed by atoms with Gasteiger partial charge in [0.05, 0.1) is 19.2 Å². The van der Waals surface area contributed by atoms with E-state index in [0.29, 0.717) is 24.3 Å². The third-order valence-corrected chi connectivity index (χ3v) is 4.01. The number of aromatic nitrogens is 2. The van der Waals surface area contributed by atoms with E-state index in [2.05, 4.69) is 20.5 Å². The fraction of sp³-hybridized carbons (Fsp3) is 0.150. The Hall–Kier alpha value is -3.61. The average molecular weight is 364 g/mol. The van der Waals surface area contributed by atoms with Gasteiger partial charge in [0.15, 0.2) is 0 Å². The van der Waals surface area contributed by atoms with E-state index in [1.54, 1.807) is 30.5 Å². The fourth-order valence-corrected chi connectivity index (χ4v) is 2.61. The number of hydrogen-bond acceptors (Lipinski definition) is 4. The maximum Gasteiger partial charge on any atom is 0.337 e. The van der Waals surface area contributed by atoms with E-state index in [-0.39, 0.29) is 6.03 Å². The highest BCUT2D eigenvalue weighted by Crippen LogP contribution is 2.12. The SMILES string of the molecule is COC(=O)c1ccc(NC(=O)NCc2ccccc2Cn2cccn2)cc1. The summed E-state index contributed by atoms with van der Waals surface area (Å²) < 4.78 is 6.48. The number of ether oxygens (including phenoxy) is 1. The molecule has 0 fully saturated rings. The largest absolute Gasteiger partial charge is 0.465 e. The zero-order chi connectivity index (χ0) is 19.1. The maximum atomic E-state index is 12.2. The highest BCUT2D eigenvalue weighted by Gasteiger charge is 2.08. The van der Waals surface area contributed by atoms with Crippen LogP contribution < -0.4 is 10.6 Å². The Balaban J connectivity index is 1.57. The third kappa shape index (κ3) is 4.94. The molecular weight excluding hydrogens is 344 g/mol. The summed E-state index contributed by atoms with van der Waals surface area (Å²) in [6.45, 7) is 1.03. The standard InChI is InChI=1S/C20H20N4O3/c1-27-19(25)15-7-9-18(10-8-15)23-20(26)21-13-16-5-2-3-6-17(16)14-24-12-4-11-22-24/h2-12H,13-14H2,1H3,(H2,21,23,26). The van der Waals surface area contributed by atoms with Crippen LogP contribution in [-0.2, 0) is 17.8 Å². The van der Waals surface area contributed by atoms with Crippen molar-refractivity contribution in [1.82, 2.24) is 15.1 Å². The van der Waals surface area contributed by atoms with Crippen LogP contribution in [0.25, 0.3) is 0 Å². The molecule has 0 radical (unpaired) electrons. The molecule has 0 aliphatic carbocycles. The zero-order valence-electron chi connectivity index (χ0n) is 14.9. The van der Waals surface area contributed by atoms with Gasteiger partial charge in [0, 0.05) is 24.6 Å². The summed E-state index contributed by atoms with van der Waals surface area (Å²) in [7, 11) is 1.33. The predicted molar refractivity (Wildman–Crippen MR) is 101 cm³/mol. The van der Waals surface area contributed by atoms with E-state index in [4.69, 9.17) is 0 Å². The van der Waals surface area contributed by atoms with Crippen LogP contribution in [0.4, 0.5) is 10.5 Å². The quantitative estimate of drug-likeness (QED) is 0.659. The van der Waals surface area contributed by atoms with E-state index >= 15 is 0 Å². The van der Waals surface area contributed by atoms with Crippen molar-refractivity contribution in [2.45, 2.75) is 13.1 Å². The van der Waals surface area contributed by atoms with Gasteiger partial charge in [-0.3, -0.25) is 4.68 Å². The topological polar surface area (TPSA) is 85.2 Å². The molecule has 0 spiro atoms. The smallest absolute Gasteiger partial charge is 0.337 e. The molecule has 0 atom stereocenters. The average Bonchev–Trinajstić information content (AvgIpc) is 3.20. The maximum absolute atomic E-state index is 12.2. The van der Waals surface area contributed by atoms with Gasteiger partial charge in [-0.05, 0) is 41.5 Å². The van der Waals surface area contributed by atoms with Crippen LogP contribution in [0.1, 0.15) is 21.5 Å². The van der Waals surface area contributed by atoms with Crippen molar-refractivity contribution in [3.8, 4) is 0 Å². The molecule has 2 aromatic carbocycles. The Kier molecular flexibility index (Phi) is 5.84. The minimum atomic E-state index is -0.417. The molecule has 1 heterocycles. The fourth-order valence-electron chi connectivity index (χ4n) is 2.61. The first-order valence-electron chi connectivity index (χ1n) is 8.43. The first kappa shape index (κ1) is 18.2. The van der Waals surface area contributed by atoms with E-state index in [1.807, 2.05) is 41.2 Å². The van der Waals surface area contributed by atoms with Gasteiger partial charge >= 0.3 is 12.0 Å². The first-order valence-corrected chi connectivity index (χ1v) is 8.43. The molecule has 0 unspecified atom stereocenters. The monoisotopic (exact) mass is 364 g/mol. The lowest BCUT2D eigenvalue weighted by molar-refractivity contribution is 0.0600. The number of esters is 1. The van der Waals surface area contributed by atoms with Crippen molar-refractivity contribution in [2.75, 3.05) is 12.4 Å². The minimum Gasteiger partial charge on any atom is -0.465 e. The van der Waals surface area contributed by atoms with Crippen LogP contribution in [0.3, 0.4) is 0 Å². The highest BCUT2D eigenvalue weighted by molar-refractivity contribution is 5.92. The lowest BCUT2D eigenvalue weighted by atomic mass is 10.1. The molecule has 3 aromatic rings. The summed E-state index contributed by atoms with van der Waals surface area (Å²) in [5.41, 5.74) is 3.12. The van der Waals surface area contributed by atoms with Gasteiger partial charge in [0.25, 0.3) is 0 Å².